The number of esters is 1. The minimum atomic E-state index is -0.239. The summed E-state index contributed by atoms with van der Waals surface area (Å²) in [5, 5.41) is 0. The van der Waals surface area contributed by atoms with Gasteiger partial charge < -0.3 is 9.47 Å². The SMILES string of the molecule is CCCCCCCCCCCCOC(=O)c1ccc(OC)c(C)c1. The Morgan fingerprint density at radius 2 is 1.50 bits per heavy atom. The van der Waals surface area contributed by atoms with Gasteiger partial charge in [-0.25, -0.2) is 4.79 Å². The number of carbonyl (C=O) groups excluding carboxylic acids is 1. The Kier molecular flexibility index (Phi) is 11.0. The smallest absolute Gasteiger partial charge is 0.338 e. The highest BCUT2D eigenvalue weighted by Gasteiger charge is 2.09. The van der Waals surface area contributed by atoms with Crippen molar-refractivity contribution in [3.05, 3.63) is 29.3 Å². The van der Waals surface area contributed by atoms with Crippen molar-refractivity contribution in [2.45, 2.75) is 78.1 Å². The van der Waals surface area contributed by atoms with E-state index in [0.717, 1.165) is 24.2 Å². The second-order valence-electron chi connectivity index (χ2n) is 6.50. The van der Waals surface area contributed by atoms with E-state index >= 15 is 0 Å². The number of carbonyl (C=O) groups is 1. The van der Waals surface area contributed by atoms with Crippen LogP contribution in [0, 0.1) is 6.92 Å². The van der Waals surface area contributed by atoms with Crippen LogP contribution in [0.25, 0.3) is 0 Å². The van der Waals surface area contributed by atoms with Gasteiger partial charge in [0.1, 0.15) is 5.75 Å². The fourth-order valence-corrected chi connectivity index (χ4v) is 2.84. The Morgan fingerprint density at radius 3 is 2.04 bits per heavy atom. The highest BCUT2D eigenvalue weighted by molar-refractivity contribution is 5.89. The maximum absolute atomic E-state index is 12.0. The molecule has 0 radical (unpaired) electrons. The molecule has 0 bridgehead atoms. The standard InChI is InChI=1S/C21H34O3/c1-4-5-6-7-8-9-10-11-12-13-16-24-21(22)19-14-15-20(23-3)18(2)17-19/h14-15,17H,4-13,16H2,1-3H3. The van der Waals surface area contributed by atoms with Crippen LogP contribution in [0.2, 0.25) is 0 Å². The first-order chi connectivity index (χ1) is 11.7. The van der Waals surface area contributed by atoms with Crippen molar-refractivity contribution in [1.29, 1.82) is 0 Å². The van der Waals surface area contributed by atoms with Gasteiger partial charge in [0, 0.05) is 0 Å². The van der Waals surface area contributed by atoms with E-state index in [1.807, 2.05) is 19.1 Å². The van der Waals surface area contributed by atoms with Crippen LogP contribution in [0.4, 0.5) is 0 Å². The summed E-state index contributed by atoms with van der Waals surface area (Å²) in [5.41, 5.74) is 1.55. The summed E-state index contributed by atoms with van der Waals surface area (Å²) >= 11 is 0. The lowest BCUT2D eigenvalue weighted by Gasteiger charge is -2.08. The summed E-state index contributed by atoms with van der Waals surface area (Å²) in [6, 6.07) is 5.39. The quantitative estimate of drug-likeness (QED) is 0.324. The molecule has 0 aromatic heterocycles. The molecule has 0 aliphatic heterocycles. The number of hydrogen-bond acceptors (Lipinski definition) is 3. The van der Waals surface area contributed by atoms with E-state index in [-0.39, 0.29) is 5.97 Å². The molecule has 0 fully saturated rings. The second-order valence-corrected chi connectivity index (χ2v) is 6.50. The minimum absolute atomic E-state index is 0.239. The monoisotopic (exact) mass is 334 g/mol. The maximum atomic E-state index is 12.0. The second kappa shape index (κ2) is 12.9. The van der Waals surface area contributed by atoms with Crippen LogP contribution >= 0.6 is 0 Å². The number of unbranched alkanes of at least 4 members (excludes halogenated alkanes) is 9. The molecule has 1 rings (SSSR count). The number of rotatable bonds is 13. The van der Waals surface area contributed by atoms with Gasteiger partial charge >= 0.3 is 5.97 Å². The molecule has 24 heavy (non-hydrogen) atoms. The highest BCUT2D eigenvalue weighted by Crippen LogP contribution is 2.19. The first-order valence-corrected chi connectivity index (χ1v) is 9.50. The maximum Gasteiger partial charge on any atom is 0.338 e. The zero-order valence-corrected chi connectivity index (χ0v) is 15.7. The van der Waals surface area contributed by atoms with Crippen molar-refractivity contribution >= 4 is 5.97 Å². The zero-order chi connectivity index (χ0) is 17.6. The molecule has 136 valence electrons. The Hall–Kier alpha value is -1.51. The molecule has 0 aliphatic carbocycles. The topological polar surface area (TPSA) is 35.5 Å². The Morgan fingerprint density at radius 1 is 0.917 bits per heavy atom. The third-order valence-corrected chi connectivity index (χ3v) is 4.36. The summed E-state index contributed by atoms with van der Waals surface area (Å²) in [6.07, 6.45) is 12.8. The largest absolute Gasteiger partial charge is 0.496 e. The van der Waals surface area contributed by atoms with Gasteiger partial charge in [0.2, 0.25) is 0 Å². The lowest BCUT2D eigenvalue weighted by atomic mass is 10.1. The van der Waals surface area contributed by atoms with E-state index in [4.69, 9.17) is 9.47 Å². The predicted molar refractivity (Wildman–Crippen MR) is 99.9 cm³/mol. The first kappa shape index (κ1) is 20.5. The van der Waals surface area contributed by atoms with Crippen LogP contribution in [0.5, 0.6) is 5.75 Å². The summed E-state index contributed by atoms with van der Waals surface area (Å²) in [7, 11) is 1.63. The van der Waals surface area contributed by atoms with Gasteiger partial charge in [0.05, 0.1) is 19.3 Å². The van der Waals surface area contributed by atoms with E-state index < -0.39 is 0 Å². The molecule has 1 aromatic rings. The molecule has 3 heteroatoms. The van der Waals surface area contributed by atoms with Gasteiger partial charge in [-0.05, 0) is 37.1 Å². The number of hydrogen-bond donors (Lipinski definition) is 0. The van der Waals surface area contributed by atoms with E-state index in [2.05, 4.69) is 6.92 Å². The molecule has 0 saturated heterocycles. The number of aryl methyl sites for hydroxylation is 1. The Labute approximate surface area is 147 Å². The van der Waals surface area contributed by atoms with E-state index in [1.54, 1.807) is 13.2 Å². The number of methoxy groups -OCH3 is 1. The molecule has 1 aromatic carbocycles. The van der Waals surface area contributed by atoms with Crippen molar-refractivity contribution < 1.29 is 14.3 Å². The number of benzene rings is 1. The van der Waals surface area contributed by atoms with Crippen LogP contribution < -0.4 is 4.74 Å². The van der Waals surface area contributed by atoms with Crippen molar-refractivity contribution in [1.82, 2.24) is 0 Å². The van der Waals surface area contributed by atoms with Gasteiger partial charge in [-0.2, -0.15) is 0 Å². The van der Waals surface area contributed by atoms with Crippen LogP contribution in [0.15, 0.2) is 18.2 Å². The van der Waals surface area contributed by atoms with E-state index in [0.29, 0.717) is 12.2 Å². The summed E-state index contributed by atoms with van der Waals surface area (Å²) in [4.78, 5) is 12.0. The fraction of sp³-hybridized carbons (Fsp3) is 0.667. The van der Waals surface area contributed by atoms with Crippen molar-refractivity contribution in [2.24, 2.45) is 0 Å². The molecular weight excluding hydrogens is 300 g/mol. The lowest BCUT2D eigenvalue weighted by molar-refractivity contribution is 0.0497. The average molecular weight is 335 g/mol. The van der Waals surface area contributed by atoms with Gasteiger partial charge in [-0.1, -0.05) is 64.7 Å². The van der Waals surface area contributed by atoms with Crippen molar-refractivity contribution in [3.8, 4) is 5.75 Å². The van der Waals surface area contributed by atoms with Gasteiger partial charge in [0.15, 0.2) is 0 Å². The van der Waals surface area contributed by atoms with Crippen LogP contribution in [-0.2, 0) is 4.74 Å². The first-order valence-electron chi connectivity index (χ1n) is 9.50. The molecule has 0 atom stereocenters. The molecule has 0 N–H and O–H groups in total. The molecule has 0 heterocycles. The zero-order valence-electron chi connectivity index (χ0n) is 15.7. The number of ether oxygens (including phenoxy) is 2. The van der Waals surface area contributed by atoms with E-state index in [9.17, 15) is 4.79 Å². The molecule has 0 unspecified atom stereocenters. The van der Waals surface area contributed by atoms with Crippen LogP contribution in [0.3, 0.4) is 0 Å². The van der Waals surface area contributed by atoms with E-state index in [1.165, 1.54) is 51.4 Å². The lowest BCUT2D eigenvalue weighted by Crippen LogP contribution is -2.07. The summed E-state index contributed by atoms with van der Waals surface area (Å²) in [5.74, 6) is 0.554. The minimum Gasteiger partial charge on any atom is -0.496 e. The Balaban J connectivity index is 2.05. The van der Waals surface area contributed by atoms with Crippen molar-refractivity contribution in [3.63, 3.8) is 0 Å². The molecular formula is C21H34O3. The third kappa shape index (κ3) is 8.37. The van der Waals surface area contributed by atoms with Crippen molar-refractivity contribution in [2.75, 3.05) is 13.7 Å². The van der Waals surface area contributed by atoms with Gasteiger partial charge in [-0.3, -0.25) is 0 Å². The van der Waals surface area contributed by atoms with Crippen LogP contribution in [0.1, 0.15) is 87.1 Å². The molecule has 0 amide bonds. The molecule has 0 saturated carbocycles. The highest BCUT2D eigenvalue weighted by atomic mass is 16.5. The third-order valence-electron chi connectivity index (χ3n) is 4.36. The normalized spacial score (nSPS) is 10.6. The van der Waals surface area contributed by atoms with Gasteiger partial charge in [-0.15, -0.1) is 0 Å². The molecule has 3 nitrogen and oxygen atoms in total. The van der Waals surface area contributed by atoms with Gasteiger partial charge in [0.25, 0.3) is 0 Å². The fourth-order valence-electron chi connectivity index (χ4n) is 2.84. The Bertz CT molecular complexity index is 468. The molecule has 0 spiro atoms. The summed E-state index contributed by atoms with van der Waals surface area (Å²) in [6.45, 7) is 4.70. The molecule has 0 aliphatic rings. The predicted octanol–water partition coefficient (Wildman–Crippen LogP) is 6.08. The van der Waals surface area contributed by atoms with Crippen LogP contribution in [-0.4, -0.2) is 19.7 Å². The average Bonchev–Trinajstić information content (AvgIpc) is 2.59. The summed E-state index contributed by atoms with van der Waals surface area (Å²) < 4.78 is 10.5.